The molecule has 2 aliphatic rings. The fourth-order valence-electron chi connectivity index (χ4n) is 3.88. The van der Waals surface area contributed by atoms with Crippen LogP contribution in [0.5, 0.6) is 0 Å². The molecule has 1 fully saturated rings. The second-order valence-corrected chi connectivity index (χ2v) is 6.50. The van der Waals surface area contributed by atoms with E-state index in [9.17, 15) is 4.79 Å². The molecule has 1 aromatic carbocycles. The van der Waals surface area contributed by atoms with E-state index in [1.165, 1.54) is 42.9 Å². The minimum absolute atomic E-state index is 0.0704. The van der Waals surface area contributed by atoms with Gasteiger partial charge in [0.15, 0.2) is 0 Å². The van der Waals surface area contributed by atoms with Crippen molar-refractivity contribution in [3.8, 4) is 0 Å². The number of benzene rings is 1. The first-order chi connectivity index (χ1) is 10.2. The van der Waals surface area contributed by atoms with Crippen molar-refractivity contribution in [1.29, 1.82) is 0 Å². The summed E-state index contributed by atoms with van der Waals surface area (Å²) in [5.41, 5.74) is 4.32. The molecule has 0 aromatic heterocycles. The number of fused-ring (bicyclic) bond motifs is 1. The van der Waals surface area contributed by atoms with Gasteiger partial charge in [0.2, 0.25) is 0 Å². The molecule has 0 spiro atoms. The summed E-state index contributed by atoms with van der Waals surface area (Å²) in [6.07, 6.45) is 6.77. The Bertz CT molecular complexity index is 526. The normalized spacial score (nSPS) is 28.2. The molecule has 114 valence electrons. The largest absolute Gasteiger partial charge is 0.462 e. The molecule has 21 heavy (non-hydrogen) atoms. The van der Waals surface area contributed by atoms with Gasteiger partial charge in [0.1, 0.15) is 6.10 Å². The minimum atomic E-state index is -0.163. The topological polar surface area (TPSA) is 38.3 Å². The van der Waals surface area contributed by atoms with E-state index in [0.29, 0.717) is 12.0 Å². The number of rotatable bonds is 3. The maximum absolute atomic E-state index is 11.1. The summed E-state index contributed by atoms with van der Waals surface area (Å²) in [7, 11) is 2.06. The molecule has 3 atom stereocenters. The van der Waals surface area contributed by atoms with Gasteiger partial charge in [-0.3, -0.25) is 4.79 Å². The van der Waals surface area contributed by atoms with Crippen LogP contribution in [-0.2, 0) is 22.4 Å². The molecule has 0 aliphatic heterocycles. The Morgan fingerprint density at radius 1 is 1.24 bits per heavy atom. The lowest BCUT2D eigenvalue weighted by molar-refractivity contribution is -0.146. The molecular weight excluding hydrogens is 262 g/mol. The number of aryl methyl sites for hydroxylation is 1. The van der Waals surface area contributed by atoms with E-state index in [0.717, 1.165) is 19.3 Å². The monoisotopic (exact) mass is 287 g/mol. The minimum Gasteiger partial charge on any atom is -0.462 e. The van der Waals surface area contributed by atoms with Crippen LogP contribution >= 0.6 is 0 Å². The number of esters is 1. The number of carbonyl (C=O) groups excluding carboxylic acids is 1. The van der Waals surface area contributed by atoms with Crippen LogP contribution in [0.2, 0.25) is 0 Å². The van der Waals surface area contributed by atoms with Crippen LogP contribution in [0, 0.1) is 0 Å². The summed E-state index contributed by atoms with van der Waals surface area (Å²) >= 11 is 0. The Morgan fingerprint density at radius 3 is 2.81 bits per heavy atom. The quantitative estimate of drug-likeness (QED) is 0.869. The third kappa shape index (κ3) is 3.29. The van der Waals surface area contributed by atoms with Crippen LogP contribution in [0.3, 0.4) is 0 Å². The fraction of sp³-hybridized carbons (Fsp3) is 0.611. The average molecular weight is 287 g/mol. The highest BCUT2D eigenvalue weighted by Crippen LogP contribution is 2.36. The molecule has 2 aliphatic carbocycles. The third-order valence-corrected chi connectivity index (χ3v) is 5.06. The SMILES string of the molecule is CN[C@@H]1CCC(c2ccc3c(c2)CCC(OC(C)=O)C3)C1. The molecule has 1 aromatic rings. The lowest BCUT2D eigenvalue weighted by Gasteiger charge is -2.25. The molecule has 0 heterocycles. The van der Waals surface area contributed by atoms with Gasteiger partial charge in [-0.1, -0.05) is 18.2 Å². The van der Waals surface area contributed by atoms with Gasteiger partial charge >= 0.3 is 5.97 Å². The molecule has 2 unspecified atom stereocenters. The second-order valence-electron chi connectivity index (χ2n) is 6.50. The molecule has 3 heteroatoms. The van der Waals surface area contributed by atoms with Crippen molar-refractivity contribution >= 4 is 5.97 Å². The van der Waals surface area contributed by atoms with Crippen molar-refractivity contribution in [2.24, 2.45) is 0 Å². The molecule has 0 saturated heterocycles. The first-order valence-corrected chi connectivity index (χ1v) is 8.12. The number of hydrogen-bond acceptors (Lipinski definition) is 3. The molecule has 0 bridgehead atoms. The smallest absolute Gasteiger partial charge is 0.302 e. The van der Waals surface area contributed by atoms with Crippen LogP contribution in [0.1, 0.15) is 55.2 Å². The van der Waals surface area contributed by atoms with Crippen LogP contribution in [0.4, 0.5) is 0 Å². The number of ether oxygens (including phenoxy) is 1. The van der Waals surface area contributed by atoms with Gasteiger partial charge in [-0.05, 0) is 61.8 Å². The standard InChI is InChI=1S/C18H25NO2/c1-12(20)21-18-8-6-14-9-13(3-4-16(14)11-18)15-5-7-17(10-15)19-2/h3-4,9,15,17-19H,5-8,10-11H2,1-2H3/t15?,17-,18?/m1/s1. The summed E-state index contributed by atoms with van der Waals surface area (Å²) < 4.78 is 5.36. The van der Waals surface area contributed by atoms with Crippen molar-refractivity contribution in [1.82, 2.24) is 5.32 Å². The number of hydrogen-bond donors (Lipinski definition) is 1. The molecule has 3 rings (SSSR count). The molecule has 3 nitrogen and oxygen atoms in total. The van der Waals surface area contributed by atoms with Gasteiger partial charge in [0.05, 0.1) is 0 Å². The zero-order valence-corrected chi connectivity index (χ0v) is 13.0. The van der Waals surface area contributed by atoms with E-state index in [2.05, 4.69) is 30.6 Å². The van der Waals surface area contributed by atoms with Crippen LogP contribution in [0.25, 0.3) is 0 Å². The second kappa shape index (κ2) is 6.18. The predicted molar refractivity (Wildman–Crippen MR) is 83.5 cm³/mol. The van der Waals surface area contributed by atoms with Crippen molar-refractivity contribution < 1.29 is 9.53 Å². The number of carbonyl (C=O) groups is 1. The Balaban J connectivity index is 1.70. The van der Waals surface area contributed by atoms with Gasteiger partial charge < -0.3 is 10.1 Å². The van der Waals surface area contributed by atoms with Crippen molar-refractivity contribution in [2.75, 3.05) is 7.05 Å². The van der Waals surface area contributed by atoms with Gasteiger partial charge in [-0.15, -0.1) is 0 Å². The molecular formula is C18H25NO2. The third-order valence-electron chi connectivity index (χ3n) is 5.06. The summed E-state index contributed by atoms with van der Waals surface area (Å²) in [4.78, 5) is 11.1. The lowest BCUT2D eigenvalue weighted by atomic mass is 9.86. The van der Waals surface area contributed by atoms with Gasteiger partial charge in [-0.25, -0.2) is 0 Å². The summed E-state index contributed by atoms with van der Waals surface area (Å²) in [5, 5.41) is 3.40. The highest BCUT2D eigenvalue weighted by molar-refractivity contribution is 5.66. The van der Waals surface area contributed by atoms with Crippen molar-refractivity contribution in [3.63, 3.8) is 0 Å². The number of nitrogens with one attached hydrogen (secondary N) is 1. The zero-order valence-electron chi connectivity index (χ0n) is 13.0. The Kier molecular flexibility index (Phi) is 4.29. The van der Waals surface area contributed by atoms with E-state index in [-0.39, 0.29) is 12.1 Å². The molecule has 1 N–H and O–H groups in total. The van der Waals surface area contributed by atoms with Crippen LogP contribution < -0.4 is 5.32 Å². The highest BCUT2D eigenvalue weighted by Gasteiger charge is 2.26. The highest BCUT2D eigenvalue weighted by atomic mass is 16.5. The molecule has 0 radical (unpaired) electrons. The first kappa shape index (κ1) is 14.6. The average Bonchev–Trinajstić information content (AvgIpc) is 2.95. The van der Waals surface area contributed by atoms with E-state index < -0.39 is 0 Å². The van der Waals surface area contributed by atoms with Crippen molar-refractivity contribution in [2.45, 2.75) is 63.5 Å². The van der Waals surface area contributed by atoms with Gasteiger partial charge in [0, 0.05) is 19.4 Å². The zero-order chi connectivity index (χ0) is 14.8. The summed E-state index contributed by atoms with van der Waals surface area (Å²) in [5.74, 6) is 0.545. The first-order valence-electron chi connectivity index (χ1n) is 8.12. The Labute approximate surface area is 127 Å². The maximum atomic E-state index is 11.1. The summed E-state index contributed by atoms with van der Waals surface area (Å²) in [6.45, 7) is 1.50. The van der Waals surface area contributed by atoms with Crippen molar-refractivity contribution in [3.05, 3.63) is 34.9 Å². The van der Waals surface area contributed by atoms with E-state index in [1.807, 2.05) is 0 Å². The fourth-order valence-corrected chi connectivity index (χ4v) is 3.88. The predicted octanol–water partition coefficient (Wildman–Crippen LogP) is 2.96. The molecule has 1 saturated carbocycles. The lowest BCUT2D eigenvalue weighted by Crippen LogP contribution is -2.24. The van der Waals surface area contributed by atoms with Crippen LogP contribution in [0.15, 0.2) is 18.2 Å². The maximum Gasteiger partial charge on any atom is 0.302 e. The summed E-state index contributed by atoms with van der Waals surface area (Å²) in [6, 6.07) is 7.63. The Morgan fingerprint density at radius 2 is 2.10 bits per heavy atom. The van der Waals surface area contributed by atoms with Gasteiger partial charge in [-0.2, -0.15) is 0 Å². The Hall–Kier alpha value is -1.35. The van der Waals surface area contributed by atoms with Gasteiger partial charge in [0.25, 0.3) is 0 Å². The molecule has 0 amide bonds. The van der Waals surface area contributed by atoms with Crippen LogP contribution in [-0.4, -0.2) is 25.2 Å². The van der Waals surface area contributed by atoms with E-state index >= 15 is 0 Å². The van der Waals surface area contributed by atoms with E-state index in [1.54, 1.807) is 0 Å². The van der Waals surface area contributed by atoms with E-state index in [4.69, 9.17) is 4.74 Å².